The summed E-state index contributed by atoms with van der Waals surface area (Å²) in [7, 11) is 0. The van der Waals surface area contributed by atoms with Gasteiger partial charge < -0.3 is 4.42 Å². The molecule has 1 aromatic heterocycles. The monoisotopic (exact) mass is 322 g/mol. The van der Waals surface area contributed by atoms with Crippen LogP contribution in [0.5, 0.6) is 0 Å². The number of furan rings is 1. The Labute approximate surface area is 125 Å². The second-order valence-corrected chi connectivity index (χ2v) is 5.74. The molecule has 0 aliphatic rings. The van der Waals surface area contributed by atoms with Crippen molar-refractivity contribution in [1.82, 2.24) is 0 Å². The molecule has 0 radical (unpaired) electrons. The standard InChI is InChI=1S/C18H11BrO/c19-14-5-3-4-12(10-14)13-8-9-18-16(11-13)15-6-1-2-7-17(15)20-18/h1-11H. The van der Waals surface area contributed by atoms with E-state index in [1.807, 2.05) is 30.3 Å². The van der Waals surface area contributed by atoms with Gasteiger partial charge in [-0.1, -0.05) is 52.3 Å². The molecule has 4 aromatic rings. The molecule has 1 nitrogen and oxygen atoms in total. The van der Waals surface area contributed by atoms with Crippen LogP contribution < -0.4 is 0 Å². The highest BCUT2D eigenvalue weighted by Gasteiger charge is 2.07. The van der Waals surface area contributed by atoms with Gasteiger partial charge in [0.15, 0.2) is 0 Å². The van der Waals surface area contributed by atoms with Crippen molar-refractivity contribution in [3.8, 4) is 11.1 Å². The summed E-state index contributed by atoms with van der Waals surface area (Å²) in [4.78, 5) is 0. The maximum absolute atomic E-state index is 5.86. The van der Waals surface area contributed by atoms with E-state index in [0.29, 0.717) is 0 Å². The highest BCUT2D eigenvalue weighted by Crippen LogP contribution is 2.32. The molecule has 0 fully saturated rings. The topological polar surface area (TPSA) is 13.1 Å². The average molecular weight is 323 g/mol. The molecular formula is C18H11BrO. The molecule has 3 aromatic carbocycles. The molecule has 0 atom stereocenters. The van der Waals surface area contributed by atoms with E-state index < -0.39 is 0 Å². The summed E-state index contributed by atoms with van der Waals surface area (Å²) in [5, 5.41) is 2.33. The number of rotatable bonds is 1. The summed E-state index contributed by atoms with van der Waals surface area (Å²) in [5.41, 5.74) is 4.27. The normalized spacial score (nSPS) is 11.2. The minimum atomic E-state index is 0.935. The first-order valence-electron chi connectivity index (χ1n) is 6.48. The van der Waals surface area contributed by atoms with Crippen molar-refractivity contribution < 1.29 is 4.42 Å². The van der Waals surface area contributed by atoms with Crippen molar-refractivity contribution in [1.29, 1.82) is 0 Å². The molecule has 1 heterocycles. The van der Waals surface area contributed by atoms with Crippen molar-refractivity contribution in [2.75, 3.05) is 0 Å². The lowest BCUT2D eigenvalue weighted by Gasteiger charge is -2.02. The van der Waals surface area contributed by atoms with Crippen LogP contribution in [0.1, 0.15) is 0 Å². The van der Waals surface area contributed by atoms with Crippen LogP contribution in [-0.2, 0) is 0 Å². The Kier molecular flexibility index (Phi) is 2.64. The van der Waals surface area contributed by atoms with Crippen LogP contribution >= 0.6 is 15.9 Å². The first kappa shape index (κ1) is 11.7. The van der Waals surface area contributed by atoms with E-state index in [1.165, 1.54) is 16.5 Å². The number of halogens is 1. The maximum Gasteiger partial charge on any atom is 0.135 e. The summed E-state index contributed by atoms with van der Waals surface area (Å²) in [6.45, 7) is 0. The lowest BCUT2D eigenvalue weighted by atomic mass is 10.0. The molecule has 20 heavy (non-hydrogen) atoms. The smallest absolute Gasteiger partial charge is 0.135 e. The van der Waals surface area contributed by atoms with Gasteiger partial charge >= 0.3 is 0 Å². The summed E-state index contributed by atoms with van der Waals surface area (Å²) in [5.74, 6) is 0. The zero-order valence-electron chi connectivity index (χ0n) is 10.6. The van der Waals surface area contributed by atoms with Crippen molar-refractivity contribution in [3.63, 3.8) is 0 Å². The first-order valence-corrected chi connectivity index (χ1v) is 7.28. The fourth-order valence-corrected chi connectivity index (χ4v) is 2.97. The third-order valence-corrected chi connectivity index (χ3v) is 4.03. The predicted octanol–water partition coefficient (Wildman–Crippen LogP) is 6.02. The van der Waals surface area contributed by atoms with Gasteiger partial charge in [-0.15, -0.1) is 0 Å². The van der Waals surface area contributed by atoms with E-state index in [0.717, 1.165) is 21.0 Å². The average Bonchev–Trinajstić information content (AvgIpc) is 2.85. The minimum absolute atomic E-state index is 0.935. The van der Waals surface area contributed by atoms with Crippen LogP contribution in [-0.4, -0.2) is 0 Å². The van der Waals surface area contributed by atoms with Crippen LogP contribution in [0.25, 0.3) is 33.1 Å². The second kappa shape index (κ2) is 4.50. The number of fused-ring (bicyclic) bond motifs is 3. The van der Waals surface area contributed by atoms with Crippen molar-refractivity contribution in [3.05, 3.63) is 71.2 Å². The van der Waals surface area contributed by atoms with Gasteiger partial charge in [-0.3, -0.25) is 0 Å². The van der Waals surface area contributed by atoms with Crippen molar-refractivity contribution in [2.24, 2.45) is 0 Å². The SMILES string of the molecule is Brc1cccc(-c2ccc3oc4ccccc4c3c2)c1. The molecule has 0 N–H and O–H groups in total. The van der Waals surface area contributed by atoms with Gasteiger partial charge in [-0.2, -0.15) is 0 Å². The highest BCUT2D eigenvalue weighted by molar-refractivity contribution is 9.10. The van der Waals surface area contributed by atoms with Gasteiger partial charge in [-0.05, 0) is 41.5 Å². The number of hydrogen-bond donors (Lipinski definition) is 0. The van der Waals surface area contributed by atoms with Gasteiger partial charge in [0.1, 0.15) is 11.2 Å². The Bertz CT molecular complexity index is 921. The van der Waals surface area contributed by atoms with E-state index in [-0.39, 0.29) is 0 Å². The molecular weight excluding hydrogens is 312 g/mol. The second-order valence-electron chi connectivity index (χ2n) is 4.82. The Morgan fingerprint density at radius 2 is 1.45 bits per heavy atom. The molecule has 2 heteroatoms. The Morgan fingerprint density at radius 3 is 2.35 bits per heavy atom. The van der Waals surface area contributed by atoms with E-state index in [1.54, 1.807) is 0 Å². The zero-order valence-corrected chi connectivity index (χ0v) is 12.2. The maximum atomic E-state index is 5.86. The van der Waals surface area contributed by atoms with E-state index in [2.05, 4.69) is 52.3 Å². The van der Waals surface area contributed by atoms with Crippen molar-refractivity contribution >= 4 is 37.9 Å². The summed E-state index contributed by atoms with van der Waals surface area (Å²) in [6, 6.07) is 22.8. The molecule has 0 amide bonds. The fraction of sp³-hybridized carbons (Fsp3) is 0. The molecule has 4 rings (SSSR count). The van der Waals surface area contributed by atoms with Gasteiger partial charge in [0, 0.05) is 15.2 Å². The summed E-state index contributed by atoms with van der Waals surface area (Å²) in [6.07, 6.45) is 0. The lowest BCUT2D eigenvalue weighted by Crippen LogP contribution is -1.77. The fourth-order valence-electron chi connectivity index (χ4n) is 2.57. The van der Waals surface area contributed by atoms with E-state index >= 15 is 0 Å². The third-order valence-electron chi connectivity index (χ3n) is 3.53. The van der Waals surface area contributed by atoms with Crippen molar-refractivity contribution in [2.45, 2.75) is 0 Å². The molecule has 0 saturated heterocycles. The molecule has 0 saturated carbocycles. The molecule has 0 aliphatic heterocycles. The van der Waals surface area contributed by atoms with E-state index in [9.17, 15) is 0 Å². The number of para-hydroxylation sites is 1. The molecule has 96 valence electrons. The third kappa shape index (κ3) is 1.84. The lowest BCUT2D eigenvalue weighted by molar-refractivity contribution is 0.669. The number of hydrogen-bond acceptors (Lipinski definition) is 1. The van der Waals surface area contributed by atoms with Gasteiger partial charge in [0.25, 0.3) is 0 Å². The molecule has 0 bridgehead atoms. The minimum Gasteiger partial charge on any atom is -0.456 e. The quantitative estimate of drug-likeness (QED) is 0.418. The Balaban J connectivity index is 2.00. The summed E-state index contributed by atoms with van der Waals surface area (Å²) < 4.78 is 6.95. The van der Waals surface area contributed by atoms with Gasteiger partial charge in [-0.25, -0.2) is 0 Å². The predicted molar refractivity (Wildman–Crippen MR) is 86.9 cm³/mol. The van der Waals surface area contributed by atoms with Crippen LogP contribution in [0.3, 0.4) is 0 Å². The zero-order chi connectivity index (χ0) is 13.5. The van der Waals surface area contributed by atoms with Crippen LogP contribution in [0.2, 0.25) is 0 Å². The number of benzene rings is 3. The highest BCUT2D eigenvalue weighted by atomic mass is 79.9. The summed E-state index contributed by atoms with van der Waals surface area (Å²) >= 11 is 3.52. The first-order chi connectivity index (χ1) is 9.81. The van der Waals surface area contributed by atoms with Crippen LogP contribution in [0.15, 0.2) is 75.6 Å². The molecule has 0 unspecified atom stereocenters. The van der Waals surface area contributed by atoms with Crippen LogP contribution in [0, 0.1) is 0 Å². The van der Waals surface area contributed by atoms with Gasteiger partial charge in [0.2, 0.25) is 0 Å². The Hall–Kier alpha value is -2.06. The van der Waals surface area contributed by atoms with Crippen LogP contribution in [0.4, 0.5) is 0 Å². The molecule has 0 aliphatic carbocycles. The Morgan fingerprint density at radius 1 is 0.650 bits per heavy atom. The molecule has 0 spiro atoms. The largest absolute Gasteiger partial charge is 0.456 e. The van der Waals surface area contributed by atoms with Gasteiger partial charge in [0.05, 0.1) is 0 Å². The van der Waals surface area contributed by atoms with E-state index in [4.69, 9.17) is 4.42 Å².